The number of carboxylic acids is 1. The molecule has 4 nitrogen and oxygen atoms in total. The van der Waals surface area contributed by atoms with E-state index in [1.807, 2.05) is 19.1 Å². The Morgan fingerprint density at radius 1 is 1.05 bits per heavy atom. The van der Waals surface area contributed by atoms with Crippen LogP contribution in [0.3, 0.4) is 0 Å². The van der Waals surface area contributed by atoms with Crippen LogP contribution in [0.4, 0.5) is 5.69 Å². The summed E-state index contributed by atoms with van der Waals surface area (Å²) in [6.45, 7) is 3.62. The predicted molar refractivity (Wildman–Crippen MR) is 77.3 cm³/mol. The maximum atomic E-state index is 12.1. The molecule has 0 unspecified atom stereocenters. The van der Waals surface area contributed by atoms with Crippen molar-refractivity contribution in [3.63, 3.8) is 0 Å². The van der Waals surface area contributed by atoms with Crippen LogP contribution in [0.1, 0.15) is 31.8 Å². The number of carbonyl (C=O) groups excluding carboxylic acids is 1. The van der Waals surface area contributed by atoms with Gasteiger partial charge < -0.3 is 10.4 Å². The molecule has 0 atom stereocenters. The Morgan fingerprint density at radius 3 is 2.40 bits per heavy atom. The molecule has 0 bridgehead atoms. The van der Waals surface area contributed by atoms with Gasteiger partial charge in [0.05, 0.1) is 5.56 Å². The van der Waals surface area contributed by atoms with E-state index in [0.29, 0.717) is 16.8 Å². The number of aryl methyl sites for hydroxylation is 2. The first-order valence-corrected chi connectivity index (χ1v) is 6.19. The van der Waals surface area contributed by atoms with Crippen molar-refractivity contribution in [3.05, 3.63) is 64.7 Å². The number of benzene rings is 2. The molecule has 0 aromatic heterocycles. The fourth-order valence-electron chi connectivity index (χ4n) is 1.97. The normalized spacial score (nSPS) is 10.1. The minimum Gasteiger partial charge on any atom is -0.478 e. The van der Waals surface area contributed by atoms with Crippen molar-refractivity contribution in [1.29, 1.82) is 0 Å². The topological polar surface area (TPSA) is 66.4 Å². The first-order chi connectivity index (χ1) is 9.47. The van der Waals surface area contributed by atoms with E-state index in [9.17, 15) is 9.59 Å². The molecule has 1 amide bonds. The fraction of sp³-hybridized carbons (Fsp3) is 0.125. The third-order valence-electron chi connectivity index (χ3n) is 2.99. The Bertz CT molecular complexity index is 677. The molecule has 0 aliphatic heterocycles. The molecule has 0 aliphatic rings. The Hall–Kier alpha value is -2.62. The van der Waals surface area contributed by atoms with Gasteiger partial charge in [0.2, 0.25) is 0 Å². The van der Waals surface area contributed by atoms with E-state index in [4.69, 9.17) is 5.11 Å². The number of aromatic carboxylic acids is 1. The zero-order valence-electron chi connectivity index (χ0n) is 11.3. The highest BCUT2D eigenvalue weighted by atomic mass is 16.4. The molecule has 0 radical (unpaired) electrons. The highest BCUT2D eigenvalue weighted by Gasteiger charge is 2.10. The van der Waals surface area contributed by atoms with Crippen molar-refractivity contribution in [2.24, 2.45) is 0 Å². The van der Waals surface area contributed by atoms with Crippen LogP contribution in [0.2, 0.25) is 0 Å². The lowest BCUT2D eigenvalue weighted by atomic mass is 10.1. The van der Waals surface area contributed by atoms with E-state index in [-0.39, 0.29) is 11.5 Å². The maximum Gasteiger partial charge on any atom is 0.335 e. The minimum atomic E-state index is -0.973. The molecule has 2 aromatic carbocycles. The van der Waals surface area contributed by atoms with Crippen LogP contribution in [0, 0.1) is 13.8 Å². The fourth-order valence-corrected chi connectivity index (χ4v) is 1.97. The Labute approximate surface area is 117 Å². The smallest absolute Gasteiger partial charge is 0.335 e. The summed E-state index contributed by atoms with van der Waals surface area (Å²) in [4.78, 5) is 23.0. The number of anilines is 1. The molecule has 102 valence electrons. The van der Waals surface area contributed by atoms with Crippen LogP contribution in [-0.2, 0) is 0 Å². The maximum absolute atomic E-state index is 12.1. The van der Waals surface area contributed by atoms with Gasteiger partial charge in [0.25, 0.3) is 5.91 Å². The highest BCUT2D eigenvalue weighted by Crippen LogP contribution is 2.16. The van der Waals surface area contributed by atoms with Gasteiger partial charge in [-0.1, -0.05) is 17.7 Å². The lowest BCUT2D eigenvalue weighted by molar-refractivity contribution is 0.0696. The van der Waals surface area contributed by atoms with Crippen molar-refractivity contribution in [2.75, 3.05) is 5.32 Å². The predicted octanol–water partition coefficient (Wildman–Crippen LogP) is 3.25. The lowest BCUT2D eigenvalue weighted by Crippen LogP contribution is -2.12. The molecule has 0 saturated carbocycles. The SMILES string of the molecule is Cc1cccc(C(=O)Nc2ccc(C(=O)O)c(C)c2)c1. The van der Waals surface area contributed by atoms with Crippen molar-refractivity contribution < 1.29 is 14.7 Å². The summed E-state index contributed by atoms with van der Waals surface area (Å²) in [6.07, 6.45) is 0. The minimum absolute atomic E-state index is 0.212. The number of hydrogen-bond donors (Lipinski definition) is 2. The molecule has 2 aromatic rings. The molecule has 2 rings (SSSR count). The average molecular weight is 269 g/mol. The van der Waals surface area contributed by atoms with Gasteiger partial charge in [-0.15, -0.1) is 0 Å². The molecule has 20 heavy (non-hydrogen) atoms. The first kappa shape index (κ1) is 13.8. The number of carbonyl (C=O) groups is 2. The summed E-state index contributed by atoms with van der Waals surface area (Å²) in [5, 5.41) is 11.7. The Balaban J connectivity index is 2.20. The molecule has 0 saturated heterocycles. The molecule has 0 fully saturated rings. The largest absolute Gasteiger partial charge is 0.478 e. The van der Waals surface area contributed by atoms with E-state index < -0.39 is 5.97 Å². The monoisotopic (exact) mass is 269 g/mol. The van der Waals surface area contributed by atoms with Crippen molar-refractivity contribution in [1.82, 2.24) is 0 Å². The summed E-state index contributed by atoms with van der Waals surface area (Å²) in [7, 11) is 0. The highest BCUT2D eigenvalue weighted by molar-refractivity contribution is 6.04. The third-order valence-corrected chi connectivity index (χ3v) is 2.99. The number of rotatable bonds is 3. The van der Waals surface area contributed by atoms with Crippen molar-refractivity contribution >= 4 is 17.6 Å². The number of carboxylic acid groups (broad SMARTS) is 1. The molecule has 0 spiro atoms. The summed E-state index contributed by atoms with van der Waals surface area (Å²) >= 11 is 0. The molecule has 4 heteroatoms. The van der Waals surface area contributed by atoms with E-state index in [0.717, 1.165) is 5.56 Å². The van der Waals surface area contributed by atoms with Gasteiger partial charge in [-0.3, -0.25) is 4.79 Å². The second-order valence-corrected chi connectivity index (χ2v) is 4.66. The third kappa shape index (κ3) is 3.03. The summed E-state index contributed by atoms with van der Waals surface area (Å²) in [5.74, 6) is -1.18. The zero-order valence-corrected chi connectivity index (χ0v) is 11.3. The summed E-state index contributed by atoms with van der Waals surface area (Å²) in [6, 6.07) is 12.0. The zero-order chi connectivity index (χ0) is 14.7. The average Bonchev–Trinajstić information content (AvgIpc) is 2.38. The summed E-state index contributed by atoms with van der Waals surface area (Å²) < 4.78 is 0. The quantitative estimate of drug-likeness (QED) is 0.898. The van der Waals surface area contributed by atoms with Gasteiger partial charge in [-0.2, -0.15) is 0 Å². The van der Waals surface area contributed by atoms with Crippen LogP contribution < -0.4 is 5.32 Å². The molecular formula is C16H15NO3. The van der Waals surface area contributed by atoms with E-state index in [2.05, 4.69) is 5.32 Å². The first-order valence-electron chi connectivity index (χ1n) is 6.19. The van der Waals surface area contributed by atoms with Gasteiger partial charge >= 0.3 is 5.97 Å². The Kier molecular flexibility index (Phi) is 3.84. The van der Waals surface area contributed by atoms with Gasteiger partial charge in [0.1, 0.15) is 0 Å². The second kappa shape index (κ2) is 5.57. The molecule has 0 aliphatic carbocycles. The standard InChI is InChI=1S/C16H15NO3/c1-10-4-3-5-12(8-10)15(18)17-13-6-7-14(16(19)20)11(2)9-13/h3-9H,1-2H3,(H,17,18)(H,19,20). The number of amides is 1. The van der Waals surface area contributed by atoms with Crippen LogP contribution >= 0.6 is 0 Å². The summed E-state index contributed by atoms with van der Waals surface area (Å²) in [5.41, 5.74) is 3.01. The van der Waals surface area contributed by atoms with Crippen molar-refractivity contribution in [2.45, 2.75) is 13.8 Å². The van der Waals surface area contributed by atoms with Crippen molar-refractivity contribution in [3.8, 4) is 0 Å². The molecule has 2 N–H and O–H groups in total. The van der Waals surface area contributed by atoms with E-state index in [1.54, 1.807) is 31.2 Å². The van der Waals surface area contributed by atoms with Crippen LogP contribution in [-0.4, -0.2) is 17.0 Å². The van der Waals surface area contributed by atoms with Gasteiger partial charge in [0.15, 0.2) is 0 Å². The number of nitrogens with one attached hydrogen (secondary N) is 1. The van der Waals surface area contributed by atoms with E-state index in [1.165, 1.54) is 6.07 Å². The van der Waals surface area contributed by atoms with Gasteiger partial charge in [-0.25, -0.2) is 4.79 Å². The molecule has 0 heterocycles. The van der Waals surface area contributed by atoms with Crippen LogP contribution in [0.15, 0.2) is 42.5 Å². The Morgan fingerprint density at radius 2 is 1.80 bits per heavy atom. The second-order valence-electron chi connectivity index (χ2n) is 4.66. The van der Waals surface area contributed by atoms with Crippen LogP contribution in [0.5, 0.6) is 0 Å². The van der Waals surface area contributed by atoms with Crippen LogP contribution in [0.25, 0.3) is 0 Å². The lowest BCUT2D eigenvalue weighted by Gasteiger charge is -2.08. The van der Waals surface area contributed by atoms with Gasteiger partial charge in [0, 0.05) is 11.3 Å². The number of hydrogen-bond acceptors (Lipinski definition) is 2. The van der Waals surface area contributed by atoms with E-state index >= 15 is 0 Å². The van der Waals surface area contributed by atoms with Gasteiger partial charge in [-0.05, 0) is 49.7 Å². The molecular weight excluding hydrogens is 254 g/mol.